The molecule has 0 aliphatic heterocycles. The van der Waals surface area contributed by atoms with Gasteiger partial charge in [-0.1, -0.05) is 29.3 Å². The first-order valence-electron chi connectivity index (χ1n) is 5.63. The number of nitrogens with one attached hydrogen (secondary N) is 1. The van der Waals surface area contributed by atoms with Crippen LogP contribution in [0.2, 0.25) is 10.0 Å². The summed E-state index contributed by atoms with van der Waals surface area (Å²) in [4.78, 5) is -0.0177. The van der Waals surface area contributed by atoms with E-state index in [0.717, 1.165) is 5.56 Å². The smallest absolute Gasteiger partial charge is 0.262 e. The van der Waals surface area contributed by atoms with E-state index in [1.807, 2.05) is 6.92 Å². The normalized spacial score (nSPS) is 11.3. The lowest BCUT2D eigenvalue weighted by Crippen LogP contribution is -2.14. The maximum atomic E-state index is 12.3. The summed E-state index contributed by atoms with van der Waals surface area (Å²) in [6.45, 7) is 1.84. The SMILES string of the molecule is Cc1ccc(N)c(NS(=O)(=O)c2cc(Cl)cc(Cl)c2)c1. The fourth-order valence-electron chi connectivity index (χ4n) is 1.65. The molecule has 0 aliphatic rings. The van der Waals surface area contributed by atoms with Crippen molar-refractivity contribution in [1.82, 2.24) is 0 Å². The molecule has 0 atom stereocenters. The predicted molar refractivity (Wildman–Crippen MR) is 82.9 cm³/mol. The van der Waals surface area contributed by atoms with E-state index in [9.17, 15) is 8.42 Å². The second-order valence-corrected chi connectivity index (χ2v) is 6.86. The van der Waals surface area contributed by atoms with Gasteiger partial charge in [0.2, 0.25) is 0 Å². The average Bonchev–Trinajstić information content (AvgIpc) is 2.32. The highest BCUT2D eigenvalue weighted by Crippen LogP contribution is 2.26. The molecule has 4 nitrogen and oxygen atoms in total. The molecule has 0 spiro atoms. The van der Waals surface area contributed by atoms with Crippen LogP contribution in [0.4, 0.5) is 11.4 Å². The third kappa shape index (κ3) is 3.36. The molecule has 0 saturated carbocycles. The number of anilines is 2. The largest absolute Gasteiger partial charge is 0.397 e. The second kappa shape index (κ2) is 5.52. The summed E-state index contributed by atoms with van der Waals surface area (Å²) in [5, 5.41) is 0.491. The van der Waals surface area contributed by atoms with Crippen molar-refractivity contribution in [2.24, 2.45) is 0 Å². The van der Waals surface area contributed by atoms with Crippen LogP contribution in [0.15, 0.2) is 41.3 Å². The topological polar surface area (TPSA) is 72.2 Å². The molecule has 20 heavy (non-hydrogen) atoms. The van der Waals surface area contributed by atoms with Crippen LogP contribution < -0.4 is 10.5 Å². The third-order valence-electron chi connectivity index (χ3n) is 2.60. The fraction of sp³-hybridized carbons (Fsp3) is 0.0769. The number of hydrogen-bond acceptors (Lipinski definition) is 3. The van der Waals surface area contributed by atoms with E-state index in [-0.39, 0.29) is 14.9 Å². The van der Waals surface area contributed by atoms with Crippen LogP contribution in [0.1, 0.15) is 5.56 Å². The Kier molecular flexibility index (Phi) is 4.13. The molecule has 2 aromatic carbocycles. The zero-order valence-corrected chi connectivity index (χ0v) is 12.9. The summed E-state index contributed by atoms with van der Waals surface area (Å²) >= 11 is 11.6. The molecule has 7 heteroatoms. The molecule has 0 aliphatic carbocycles. The highest BCUT2D eigenvalue weighted by Gasteiger charge is 2.17. The number of sulfonamides is 1. The lowest BCUT2D eigenvalue weighted by Gasteiger charge is -2.11. The van der Waals surface area contributed by atoms with E-state index in [2.05, 4.69) is 4.72 Å². The minimum Gasteiger partial charge on any atom is -0.397 e. The Hall–Kier alpha value is -1.43. The van der Waals surface area contributed by atoms with Crippen molar-refractivity contribution >= 4 is 44.6 Å². The molecular formula is C13H12Cl2N2O2S. The molecule has 2 rings (SSSR count). The Morgan fingerprint density at radius 2 is 1.65 bits per heavy atom. The van der Waals surface area contributed by atoms with E-state index >= 15 is 0 Å². The zero-order chi connectivity index (χ0) is 14.9. The van der Waals surface area contributed by atoms with Crippen molar-refractivity contribution in [3.8, 4) is 0 Å². The number of aryl methyl sites for hydroxylation is 1. The van der Waals surface area contributed by atoms with Crippen molar-refractivity contribution in [2.45, 2.75) is 11.8 Å². The van der Waals surface area contributed by atoms with Crippen LogP contribution in [-0.2, 0) is 10.0 Å². The third-order valence-corrected chi connectivity index (χ3v) is 4.38. The van der Waals surface area contributed by atoms with Crippen LogP contribution in [-0.4, -0.2) is 8.42 Å². The lowest BCUT2D eigenvalue weighted by molar-refractivity contribution is 0.601. The Labute approximate surface area is 127 Å². The van der Waals surface area contributed by atoms with Crippen molar-refractivity contribution in [2.75, 3.05) is 10.5 Å². The molecule has 0 bridgehead atoms. The molecular weight excluding hydrogens is 319 g/mol. The van der Waals surface area contributed by atoms with Gasteiger partial charge in [-0.3, -0.25) is 4.72 Å². The molecule has 0 amide bonds. The van der Waals surface area contributed by atoms with Crippen LogP contribution in [0, 0.1) is 6.92 Å². The number of nitrogen functional groups attached to an aromatic ring is 1. The Morgan fingerprint density at radius 1 is 1.05 bits per heavy atom. The fourth-order valence-corrected chi connectivity index (χ4v) is 3.45. The zero-order valence-electron chi connectivity index (χ0n) is 10.5. The van der Waals surface area contributed by atoms with E-state index in [4.69, 9.17) is 28.9 Å². The van der Waals surface area contributed by atoms with Gasteiger partial charge >= 0.3 is 0 Å². The number of halogens is 2. The summed E-state index contributed by atoms with van der Waals surface area (Å²) < 4.78 is 27.0. The van der Waals surface area contributed by atoms with E-state index in [1.54, 1.807) is 18.2 Å². The standard InChI is InChI=1S/C13H12Cl2N2O2S/c1-8-2-3-12(16)13(4-8)17-20(18,19)11-6-9(14)5-10(15)7-11/h2-7,17H,16H2,1H3. The van der Waals surface area contributed by atoms with Crippen LogP contribution >= 0.6 is 23.2 Å². The van der Waals surface area contributed by atoms with Crippen LogP contribution in [0.25, 0.3) is 0 Å². The van der Waals surface area contributed by atoms with E-state index in [1.165, 1.54) is 18.2 Å². The molecule has 0 radical (unpaired) electrons. The van der Waals surface area contributed by atoms with Gasteiger partial charge in [0.05, 0.1) is 16.3 Å². The van der Waals surface area contributed by atoms with Gasteiger partial charge in [-0.25, -0.2) is 8.42 Å². The minimum atomic E-state index is -3.80. The van der Waals surface area contributed by atoms with Crippen LogP contribution in [0.3, 0.4) is 0 Å². The van der Waals surface area contributed by atoms with Crippen molar-refractivity contribution in [3.05, 3.63) is 52.0 Å². The van der Waals surface area contributed by atoms with Crippen LogP contribution in [0.5, 0.6) is 0 Å². The summed E-state index contributed by atoms with van der Waals surface area (Å²) in [7, 11) is -3.80. The quantitative estimate of drug-likeness (QED) is 0.843. The first-order chi connectivity index (χ1) is 9.28. The highest BCUT2D eigenvalue weighted by molar-refractivity contribution is 7.92. The van der Waals surface area contributed by atoms with E-state index in [0.29, 0.717) is 11.4 Å². The van der Waals surface area contributed by atoms with Gasteiger partial charge in [0.25, 0.3) is 10.0 Å². The van der Waals surface area contributed by atoms with Gasteiger partial charge in [-0.15, -0.1) is 0 Å². The first kappa shape index (κ1) is 15.0. The monoisotopic (exact) mass is 330 g/mol. The lowest BCUT2D eigenvalue weighted by atomic mass is 10.2. The van der Waals surface area contributed by atoms with Crippen molar-refractivity contribution in [1.29, 1.82) is 0 Å². The predicted octanol–water partition coefficient (Wildman–Crippen LogP) is 3.68. The maximum Gasteiger partial charge on any atom is 0.262 e. The van der Waals surface area contributed by atoms with Gasteiger partial charge < -0.3 is 5.73 Å². The summed E-state index contributed by atoms with van der Waals surface area (Å²) in [6, 6.07) is 9.19. The molecule has 0 unspecified atom stereocenters. The molecule has 3 N–H and O–H groups in total. The number of rotatable bonds is 3. The van der Waals surface area contributed by atoms with Gasteiger partial charge in [-0.05, 0) is 42.8 Å². The molecule has 0 saturated heterocycles. The summed E-state index contributed by atoms with van der Waals surface area (Å²) in [6.07, 6.45) is 0. The maximum absolute atomic E-state index is 12.3. The Balaban J connectivity index is 2.43. The Bertz CT molecular complexity index is 741. The second-order valence-electron chi connectivity index (χ2n) is 4.30. The Morgan fingerprint density at radius 3 is 2.25 bits per heavy atom. The van der Waals surface area contributed by atoms with Crippen molar-refractivity contribution in [3.63, 3.8) is 0 Å². The molecule has 2 aromatic rings. The van der Waals surface area contributed by atoms with Crippen molar-refractivity contribution < 1.29 is 8.42 Å². The molecule has 106 valence electrons. The minimum absolute atomic E-state index is 0.0177. The average molecular weight is 331 g/mol. The summed E-state index contributed by atoms with van der Waals surface area (Å²) in [5.74, 6) is 0. The number of benzene rings is 2. The van der Waals surface area contributed by atoms with Gasteiger partial charge in [0.15, 0.2) is 0 Å². The number of nitrogens with two attached hydrogens (primary N) is 1. The molecule has 0 aromatic heterocycles. The molecule has 0 fully saturated rings. The highest BCUT2D eigenvalue weighted by atomic mass is 35.5. The van der Waals surface area contributed by atoms with E-state index < -0.39 is 10.0 Å². The summed E-state index contributed by atoms with van der Waals surface area (Å²) in [5.41, 5.74) is 7.31. The molecule has 0 heterocycles. The number of hydrogen-bond donors (Lipinski definition) is 2. The van der Waals surface area contributed by atoms with Gasteiger partial charge in [0, 0.05) is 10.0 Å². The van der Waals surface area contributed by atoms with Gasteiger partial charge in [-0.2, -0.15) is 0 Å². The first-order valence-corrected chi connectivity index (χ1v) is 7.87. The van der Waals surface area contributed by atoms with Gasteiger partial charge in [0.1, 0.15) is 0 Å².